The smallest absolute Gasteiger partial charge is 0.173 e. The summed E-state index contributed by atoms with van der Waals surface area (Å²) in [5.41, 5.74) is 4.50. The van der Waals surface area contributed by atoms with Gasteiger partial charge >= 0.3 is 0 Å². The highest BCUT2D eigenvalue weighted by Gasteiger charge is 2.23. The molecule has 128 valence electrons. The second-order valence-electron chi connectivity index (χ2n) is 6.25. The molecular formula is C18H18N4O2S. The lowest BCUT2D eigenvalue weighted by Crippen LogP contribution is -2.22. The molecule has 3 heterocycles. The number of nitrogens with one attached hydrogen (secondary N) is 1. The molecule has 0 saturated heterocycles. The van der Waals surface area contributed by atoms with E-state index in [1.165, 1.54) is 5.41 Å². The topological polar surface area (TPSA) is 76.4 Å². The lowest BCUT2D eigenvalue weighted by atomic mass is 10.1. The van der Waals surface area contributed by atoms with Gasteiger partial charge in [0.1, 0.15) is 5.82 Å². The van der Waals surface area contributed by atoms with Crippen LogP contribution in [0, 0.1) is 13.8 Å². The van der Waals surface area contributed by atoms with E-state index in [1.54, 1.807) is 10.6 Å². The van der Waals surface area contributed by atoms with Crippen LogP contribution in [0.1, 0.15) is 11.3 Å². The molecule has 0 unspecified atom stereocenters. The molecule has 4 rings (SSSR count). The lowest BCUT2D eigenvalue weighted by molar-refractivity contribution is 0.605. The van der Waals surface area contributed by atoms with Gasteiger partial charge in [-0.05, 0) is 19.9 Å². The SMILES string of the molecule is Cc1nn2c(N[C@@H]3C=CS(=O)(=O)C3)cc(-c3ccccc3)nc2c1C. The van der Waals surface area contributed by atoms with Gasteiger partial charge in [0.05, 0.1) is 23.2 Å². The molecule has 0 aliphatic carbocycles. The third-order valence-electron chi connectivity index (χ3n) is 4.39. The minimum absolute atomic E-state index is 0.0523. The molecule has 25 heavy (non-hydrogen) atoms. The molecule has 0 fully saturated rings. The van der Waals surface area contributed by atoms with Crippen molar-refractivity contribution in [3.8, 4) is 11.3 Å². The van der Waals surface area contributed by atoms with E-state index in [0.717, 1.165) is 34.0 Å². The highest BCUT2D eigenvalue weighted by molar-refractivity contribution is 7.94. The predicted molar refractivity (Wildman–Crippen MR) is 98.2 cm³/mol. The molecule has 1 N–H and O–H groups in total. The maximum atomic E-state index is 11.7. The normalized spacial score (nSPS) is 18.7. The number of aromatic nitrogens is 3. The number of aryl methyl sites for hydroxylation is 2. The fraction of sp³-hybridized carbons (Fsp3) is 0.222. The van der Waals surface area contributed by atoms with E-state index in [1.807, 2.05) is 50.2 Å². The maximum Gasteiger partial charge on any atom is 0.173 e. The molecule has 0 spiro atoms. The van der Waals surface area contributed by atoms with E-state index in [-0.39, 0.29) is 11.8 Å². The van der Waals surface area contributed by atoms with Crippen LogP contribution in [-0.4, -0.2) is 34.8 Å². The Labute approximate surface area is 146 Å². The summed E-state index contributed by atoms with van der Waals surface area (Å²) in [5, 5.41) is 9.09. The number of hydrogen-bond donors (Lipinski definition) is 1. The molecule has 1 atom stereocenters. The summed E-state index contributed by atoms with van der Waals surface area (Å²) in [6.45, 7) is 3.93. The zero-order valence-corrected chi connectivity index (χ0v) is 14.8. The molecule has 0 radical (unpaired) electrons. The first-order chi connectivity index (χ1) is 11.9. The van der Waals surface area contributed by atoms with Gasteiger partial charge in [-0.2, -0.15) is 9.61 Å². The zero-order valence-electron chi connectivity index (χ0n) is 14.0. The standard InChI is InChI=1S/C18H18N4O2S/c1-12-13(2)21-22-17(19-15-8-9-25(23,24)11-15)10-16(20-18(12)22)14-6-4-3-5-7-14/h3-10,15,19H,11H2,1-2H3/t15-/m1/s1. The van der Waals surface area contributed by atoms with Crippen molar-refractivity contribution >= 4 is 21.3 Å². The summed E-state index contributed by atoms with van der Waals surface area (Å²) in [4.78, 5) is 4.75. The third kappa shape index (κ3) is 2.91. The Bertz CT molecular complexity index is 1090. The van der Waals surface area contributed by atoms with Gasteiger partial charge in [0.15, 0.2) is 15.5 Å². The molecule has 6 nitrogen and oxygen atoms in total. The van der Waals surface area contributed by atoms with E-state index in [4.69, 9.17) is 4.98 Å². The Morgan fingerprint density at radius 1 is 1.20 bits per heavy atom. The number of rotatable bonds is 3. The Morgan fingerprint density at radius 3 is 2.64 bits per heavy atom. The summed E-state index contributed by atoms with van der Waals surface area (Å²) in [6, 6.07) is 11.5. The molecule has 7 heteroatoms. The Balaban J connectivity index is 1.84. The average molecular weight is 354 g/mol. The first-order valence-electron chi connectivity index (χ1n) is 8.03. The van der Waals surface area contributed by atoms with Crippen molar-refractivity contribution in [2.24, 2.45) is 0 Å². The monoisotopic (exact) mass is 354 g/mol. The number of anilines is 1. The van der Waals surface area contributed by atoms with Crippen LogP contribution in [0.4, 0.5) is 5.82 Å². The molecule has 0 bridgehead atoms. The van der Waals surface area contributed by atoms with Gasteiger partial charge in [0, 0.05) is 22.6 Å². The minimum Gasteiger partial charge on any atom is -0.363 e. The van der Waals surface area contributed by atoms with E-state index >= 15 is 0 Å². The van der Waals surface area contributed by atoms with Gasteiger partial charge in [-0.15, -0.1) is 0 Å². The highest BCUT2D eigenvalue weighted by atomic mass is 32.2. The van der Waals surface area contributed by atoms with Gasteiger partial charge in [0.25, 0.3) is 0 Å². The van der Waals surface area contributed by atoms with Crippen molar-refractivity contribution in [2.75, 3.05) is 11.1 Å². The first kappa shape index (κ1) is 15.8. The van der Waals surface area contributed by atoms with Gasteiger partial charge in [-0.3, -0.25) is 0 Å². The van der Waals surface area contributed by atoms with Crippen LogP contribution in [0.15, 0.2) is 47.9 Å². The number of benzene rings is 1. The minimum atomic E-state index is -3.12. The Hall–Kier alpha value is -2.67. The molecule has 1 aliphatic heterocycles. The summed E-state index contributed by atoms with van der Waals surface area (Å²) < 4.78 is 25.1. The first-order valence-corrected chi connectivity index (χ1v) is 9.74. The highest BCUT2D eigenvalue weighted by Crippen LogP contribution is 2.26. The molecule has 0 amide bonds. The van der Waals surface area contributed by atoms with Crippen molar-refractivity contribution < 1.29 is 8.42 Å². The number of fused-ring (bicyclic) bond motifs is 1. The van der Waals surface area contributed by atoms with Crippen LogP contribution in [0.5, 0.6) is 0 Å². The van der Waals surface area contributed by atoms with E-state index in [9.17, 15) is 8.42 Å². The summed E-state index contributed by atoms with van der Waals surface area (Å²) in [6.07, 6.45) is 1.67. The number of nitrogens with zero attached hydrogens (tertiary/aromatic N) is 3. The zero-order chi connectivity index (χ0) is 17.6. The molecule has 2 aromatic heterocycles. The third-order valence-corrected chi connectivity index (χ3v) is 5.79. The second kappa shape index (κ2) is 5.70. The van der Waals surface area contributed by atoms with E-state index in [0.29, 0.717) is 0 Å². The quantitative estimate of drug-likeness (QED) is 0.783. The van der Waals surface area contributed by atoms with Crippen LogP contribution < -0.4 is 5.32 Å². The Kier molecular flexibility index (Phi) is 3.61. The van der Waals surface area contributed by atoms with Gasteiger partial charge < -0.3 is 5.32 Å². The van der Waals surface area contributed by atoms with E-state index < -0.39 is 9.84 Å². The van der Waals surface area contributed by atoms with Gasteiger partial charge in [-0.1, -0.05) is 30.3 Å². The van der Waals surface area contributed by atoms with Gasteiger partial charge in [0.2, 0.25) is 0 Å². The predicted octanol–water partition coefficient (Wildman–Crippen LogP) is 2.74. The molecule has 1 aromatic carbocycles. The number of sulfone groups is 1. The fourth-order valence-electron chi connectivity index (χ4n) is 2.94. The van der Waals surface area contributed by atoms with Crippen molar-refractivity contribution in [2.45, 2.75) is 19.9 Å². The second-order valence-corrected chi connectivity index (χ2v) is 8.18. The summed E-state index contributed by atoms with van der Waals surface area (Å²) in [5.74, 6) is 0.781. The molecule has 1 aliphatic rings. The fourth-order valence-corrected chi connectivity index (χ4v) is 4.18. The van der Waals surface area contributed by atoms with Gasteiger partial charge in [-0.25, -0.2) is 13.4 Å². The van der Waals surface area contributed by atoms with Crippen LogP contribution >= 0.6 is 0 Å². The maximum absolute atomic E-state index is 11.7. The van der Waals surface area contributed by atoms with Crippen molar-refractivity contribution in [1.29, 1.82) is 0 Å². The van der Waals surface area contributed by atoms with Crippen LogP contribution in [0.25, 0.3) is 16.9 Å². The van der Waals surface area contributed by atoms with Crippen LogP contribution in [-0.2, 0) is 9.84 Å². The number of hydrogen-bond acceptors (Lipinski definition) is 5. The van der Waals surface area contributed by atoms with E-state index in [2.05, 4.69) is 10.4 Å². The van der Waals surface area contributed by atoms with Crippen LogP contribution in [0.3, 0.4) is 0 Å². The van der Waals surface area contributed by atoms with Crippen molar-refractivity contribution in [3.05, 3.63) is 59.1 Å². The Morgan fingerprint density at radius 2 is 1.96 bits per heavy atom. The van der Waals surface area contributed by atoms with Crippen molar-refractivity contribution in [1.82, 2.24) is 14.6 Å². The van der Waals surface area contributed by atoms with Crippen molar-refractivity contribution in [3.63, 3.8) is 0 Å². The largest absolute Gasteiger partial charge is 0.363 e. The molecule has 0 saturated carbocycles. The summed E-state index contributed by atoms with van der Waals surface area (Å²) >= 11 is 0. The molecule has 3 aromatic rings. The molecular weight excluding hydrogens is 336 g/mol. The summed E-state index contributed by atoms with van der Waals surface area (Å²) in [7, 11) is -3.12. The lowest BCUT2D eigenvalue weighted by Gasteiger charge is -2.14. The van der Waals surface area contributed by atoms with Crippen LogP contribution in [0.2, 0.25) is 0 Å². The average Bonchev–Trinajstić information content (AvgIpc) is 3.08.